The Bertz CT molecular complexity index is 841. The van der Waals surface area contributed by atoms with Crippen molar-refractivity contribution in [2.75, 3.05) is 7.11 Å². The van der Waals surface area contributed by atoms with Crippen LogP contribution in [-0.4, -0.2) is 32.1 Å². The highest BCUT2D eigenvalue weighted by Gasteiger charge is 2.20. The third-order valence-corrected chi connectivity index (χ3v) is 3.45. The van der Waals surface area contributed by atoms with Crippen LogP contribution in [-0.2, 0) is 16.8 Å². The molecule has 0 spiro atoms. The van der Waals surface area contributed by atoms with E-state index in [2.05, 4.69) is 41.1 Å². The largest absolute Gasteiger partial charge is 0.439 e. The average molecular weight is 339 g/mol. The van der Waals surface area contributed by atoms with Gasteiger partial charge in [-0.1, -0.05) is 32.1 Å². The number of ether oxygens (including phenoxy) is 2. The van der Waals surface area contributed by atoms with E-state index in [0.717, 1.165) is 11.4 Å². The SMILES string of the molecule is COCc1cc(Oc2cccc(-n3ccnn3)c2)nc(C(C)(C)C)n1. The first-order valence-electron chi connectivity index (χ1n) is 7.98. The Labute approximate surface area is 146 Å². The molecule has 1 aromatic carbocycles. The number of methoxy groups -OCH3 is 1. The topological polar surface area (TPSA) is 75.0 Å². The van der Waals surface area contributed by atoms with Crippen molar-refractivity contribution in [2.24, 2.45) is 0 Å². The van der Waals surface area contributed by atoms with Gasteiger partial charge in [0.1, 0.15) is 11.6 Å². The summed E-state index contributed by atoms with van der Waals surface area (Å²) in [6, 6.07) is 9.37. The Morgan fingerprint density at radius 1 is 1.12 bits per heavy atom. The van der Waals surface area contributed by atoms with E-state index >= 15 is 0 Å². The molecule has 0 saturated carbocycles. The third-order valence-electron chi connectivity index (χ3n) is 3.45. The fourth-order valence-electron chi connectivity index (χ4n) is 2.24. The second kappa shape index (κ2) is 6.98. The predicted molar refractivity (Wildman–Crippen MR) is 92.9 cm³/mol. The molecule has 0 saturated heterocycles. The summed E-state index contributed by atoms with van der Waals surface area (Å²) < 4.78 is 12.8. The molecule has 7 heteroatoms. The first-order valence-corrected chi connectivity index (χ1v) is 7.98. The molecule has 2 heterocycles. The van der Waals surface area contributed by atoms with Gasteiger partial charge in [0.15, 0.2) is 0 Å². The van der Waals surface area contributed by atoms with Crippen LogP contribution in [0, 0.1) is 0 Å². The molecule has 25 heavy (non-hydrogen) atoms. The first kappa shape index (κ1) is 17.0. The van der Waals surface area contributed by atoms with Crippen LogP contribution in [0.4, 0.5) is 0 Å². The van der Waals surface area contributed by atoms with Gasteiger partial charge in [-0.25, -0.2) is 9.67 Å². The quantitative estimate of drug-likeness (QED) is 0.710. The van der Waals surface area contributed by atoms with Crippen molar-refractivity contribution in [1.29, 1.82) is 0 Å². The summed E-state index contributed by atoms with van der Waals surface area (Å²) in [5, 5.41) is 7.81. The molecule has 0 radical (unpaired) electrons. The molecule has 2 aromatic heterocycles. The van der Waals surface area contributed by atoms with Crippen molar-refractivity contribution < 1.29 is 9.47 Å². The number of benzene rings is 1. The maximum absolute atomic E-state index is 5.97. The van der Waals surface area contributed by atoms with Gasteiger partial charge in [-0.3, -0.25) is 0 Å². The second-order valence-electron chi connectivity index (χ2n) is 6.65. The van der Waals surface area contributed by atoms with E-state index in [9.17, 15) is 0 Å². The molecule has 3 aromatic rings. The van der Waals surface area contributed by atoms with Crippen LogP contribution in [0.5, 0.6) is 11.6 Å². The fourth-order valence-corrected chi connectivity index (χ4v) is 2.24. The van der Waals surface area contributed by atoms with Crippen molar-refractivity contribution in [1.82, 2.24) is 25.0 Å². The lowest BCUT2D eigenvalue weighted by Crippen LogP contribution is -2.17. The predicted octanol–water partition coefficient (Wildman–Crippen LogP) is 3.29. The number of hydrogen-bond acceptors (Lipinski definition) is 6. The van der Waals surface area contributed by atoms with Crippen molar-refractivity contribution in [3.8, 4) is 17.3 Å². The van der Waals surface area contributed by atoms with Crippen molar-refractivity contribution in [3.05, 3.63) is 54.2 Å². The summed E-state index contributed by atoms with van der Waals surface area (Å²) in [7, 11) is 1.64. The van der Waals surface area contributed by atoms with E-state index in [1.807, 2.05) is 24.3 Å². The maximum Gasteiger partial charge on any atom is 0.222 e. The molecule has 3 rings (SSSR count). The monoisotopic (exact) mass is 339 g/mol. The minimum atomic E-state index is -0.190. The molecular weight excluding hydrogens is 318 g/mol. The van der Waals surface area contributed by atoms with Crippen LogP contribution in [0.2, 0.25) is 0 Å². The summed E-state index contributed by atoms with van der Waals surface area (Å²) in [6.45, 7) is 6.59. The van der Waals surface area contributed by atoms with Crippen LogP contribution in [0.25, 0.3) is 5.69 Å². The molecular formula is C18H21N5O2. The molecule has 0 amide bonds. The smallest absolute Gasteiger partial charge is 0.222 e. The zero-order chi connectivity index (χ0) is 17.9. The van der Waals surface area contributed by atoms with E-state index in [1.54, 1.807) is 30.3 Å². The normalized spacial score (nSPS) is 11.5. The highest BCUT2D eigenvalue weighted by atomic mass is 16.5. The fraction of sp³-hybridized carbons (Fsp3) is 0.333. The number of nitrogens with zero attached hydrogens (tertiary/aromatic N) is 5. The molecule has 7 nitrogen and oxygen atoms in total. The lowest BCUT2D eigenvalue weighted by atomic mass is 9.95. The van der Waals surface area contributed by atoms with Crippen LogP contribution in [0.15, 0.2) is 42.7 Å². The van der Waals surface area contributed by atoms with E-state index in [0.29, 0.717) is 24.1 Å². The van der Waals surface area contributed by atoms with Crippen molar-refractivity contribution >= 4 is 0 Å². The molecule has 130 valence electrons. The Morgan fingerprint density at radius 3 is 2.64 bits per heavy atom. The zero-order valence-corrected chi connectivity index (χ0v) is 14.8. The van der Waals surface area contributed by atoms with Crippen LogP contribution >= 0.6 is 0 Å². The standard InChI is InChI=1S/C18H21N5O2/c1-18(2,3)17-20-13(12-24-4)10-16(21-17)25-15-7-5-6-14(11-15)23-9-8-19-22-23/h5-11H,12H2,1-4H3. The molecule has 0 N–H and O–H groups in total. The highest BCUT2D eigenvalue weighted by molar-refractivity contribution is 5.40. The average Bonchev–Trinajstić information content (AvgIpc) is 3.09. The molecule has 0 unspecified atom stereocenters. The van der Waals surface area contributed by atoms with Crippen molar-refractivity contribution in [2.45, 2.75) is 32.8 Å². The van der Waals surface area contributed by atoms with Gasteiger partial charge in [0.25, 0.3) is 0 Å². The maximum atomic E-state index is 5.97. The zero-order valence-electron chi connectivity index (χ0n) is 14.8. The van der Waals surface area contributed by atoms with E-state index in [-0.39, 0.29) is 5.41 Å². The molecule has 0 bridgehead atoms. The highest BCUT2D eigenvalue weighted by Crippen LogP contribution is 2.26. The summed E-state index contributed by atoms with van der Waals surface area (Å²) in [5.41, 5.74) is 1.45. The Balaban J connectivity index is 1.92. The minimum absolute atomic E-state index is 0.190. The van der Waals surface area contributed by atoms with Crippen molar-refractivity contribution in [3.63, 3.8) is 0 Å². The second-order valence-corrected chi connectivity index (χ2v) is 6.65. The molecule has 0 fully saturated rings. The summed E-state index contributed by atoms with van der Waals surface area (Å²) >= 11 is 0. The number of hydrogen-bond donors (Lipinski definition) is 0. The van der Waals surface area contributed by atoms with Gasteiger partial charge in [0.2, 0.25) is 5.88 Å². The van der Waals surface area contributed by atoms with Gasteiger partial charge in [-0.15, -0.1) is 5.10 Å². The molecule has 0 aliphatic carbocycles. The Morgan fingerprint density at radius 2 is 1.96 bits per heavy atom. The van der Waals surface area contributed by atoms with E-state index < -0.39 is 0 Å². The number of aromatic nitrogens is 5. The Kier molecular flexibility index (Phi) is 4.76. The van der Waals surface area contributed by atoms with Gasteiger partial charge in [-0.2, -0.15) is 4.98 Å². The summed E-state index contributed by atoms with van der Waals surface area (Å²) in [4.78, 5) is 9.11. The van der Waals surface area contributed by atoms with Gasteiger partial charge >= 0.3 is 0 Å². The van der Waals surface area contributed by atoms with Crippen LogP contribution < -0.4 is 4.74 Å². The lowest BCUT2D eigenvalue weighted by molar-refractivity contribution is 0.180. The molecule has 0 atom stereocenters. The Hall–Kier alpha value is -2.80. The number of rotatable bonds is 5. The minimum Gasteiger partial charge on any atom is -0.439 e. The van der Waals surface area contributed by atoms with Gasteiger partial charge in [0, 0.05) is 24.7 Å². The summed E-state index contributed by atoms with van der Waals surface area (Å²) in [6.07, 6.45) is 3.41. The third kappa shape index (κ3) is 4.19. The van der Waals surface area contributed by atoms with E-state index in [4.69, 9.17) is 9.47 Å². The lowest BCUT2D eigenvalue weighted by Gasteiger charge is -2.18. The van der Waals surface area contributed by atoms with Gasteiger partial charge in [-0.05, 0) is 12.1 Å². The molecule has 0 aliphatic heterocycles. The van der Waals surface area contributed by atoms with E-state index in [1.165, 1.54) is 0 Å². The van der Waals surface area contributed by atoms with Crippen LogP contribution in [0.1, 0.15) is 32.3 Å². The summed E-state index contributed by atoms with van der Waals surface area (Å²) in [5.74, 6) is 1.86. The van der Waals surface area contributed by atoms with Gasteiger partial charge in [0.05, 0.1) is 30.4 Å². The first-order chi connectivity index (χ1) is 12.0. The molecule has 0 aliphatic rings. The van der Waals surface area contributed by atoms with Gasteiger partial charge < -0.3 is 9.47 Å². The van der Waals surface area contributed by atoms with Crippen LogP contribution in [0.3, 0.4) is 0 Å².